The van der Waals surface area contributed by atoms with Crippen LogP contribution in [0.25, 0.3) is 0 Å². The number of thiophene rings is 1. The first-order valence-electron chi connectivity index (χ1n) is 6.23. The van der Waals surface area contributed by atoms with Gasteiger partial charge in [-0.2, -0.15) is 0 Å². The van der Waals surface area contributed by atoms with Crippen LogP contribution in [-0.2, 0) is 16.6 Å². The van der Waals surface area contributed by atoms with Gasteiger partial charge in [-0.1, -0.05) is 11.6 Å². The van der Waals surface area contributed by atoms with E-state index in [9.17, 15) is 13.2 Å². The summed E-state index contributed by atoms with van der Waals surface area (Å²) in [5, 5.41) is 5.90. The molecule has 1 aromatic heterocycles. The minimum absolute atomic E-state index is 0.213. The Labute approximate surface area is 137 Å². The van der Waals surface area contributed by atoms with E-state index in [0.29, 0.717) is 10.7 Å². The standard InChI is InChI=1S/C13H14ClN3O3S2/c1-15-22(19,20)12-7-6-11(21-12)8-16-13(18)17-10-4-2-9(14)3-5-10/h2-7,15H,8H2,1H3,(H2,16,17,18). The largest absolute Gasteiger partial charge is 0.333 e. The first-order chi connectivity index (χ1) is 10.4. The minimum Gasteiger partial charge on any atom is -0.333 e. The van der Waals surface area contributed by atoms with Gasteiger partial charge in [-0.3, -0.25) is 0 Å². The molecule has 0 spiro atoms. The third kappa shape index (κ3) is 4.44. The van der Waals surface area contributed by atoms with E-state index < -0.39 is 10.0 Å². The molecule has 2 rings (SSSR count). The van der Waals surface area contributed by atoms with Crippen molar-refractivity contribution in [3.8, 4) is 0 Å². The quantitative estimate of drug-likeness (QED) is 0.766. The van der Waals surface area contributed by atoms with Crippen LogP contribution in [0.5, 0.6) is 0 Å². The van der Waals surface area contributed by atoms with Crippen LogP contribution in [0.4, 0.5) is 10.5 Å². The average Bonchev–Trinajstić information content (AvgIpc) is 2.97. The van der Waals surface area contributed by atoms with Crippen LogP contribution < -0.4 is 15.4 Å². The number of urea groups is 1. The van der Waals surface area contributed by atoms with Crippen LogP contribution in [0.1, 0.15) is 4.88 Å². The van der Waals surface area contributed by atoms with E-state index in [1.165, 1.54) is 13.1 Å². The smallest absolute Gasteiger partial charge is 0.319 e. The second-order valence-corrected chi connectivity index (χ2v) is 7.96. The van der Waals surface area contributed by atoms with E-state index in [0.717, 1.165) is 16.2 Å². The van der Waals surface area contributed by atoms with Crippen LogP contribution in [-0.4, -0.2) is 21.5 Å². The molecule has 1 heterocycles. The molecule has 0 bridgehead atoms. The van der Waals surface area contributed by atoms with Gasteiger partial charge in [0.25, 0.3) is 0 Å². The summed E-state index contributed by atoms with van der Waals surface area (Å²) < 4.78 is 25.7. The van der Waals surface area contributed by atoms with E-state index in [1.807, 2.05) is 0 Å². The molecule has 0 saturated carbocycles. The third-order valence-corrected chi connectivity index (χ3v) is 5.94. The molecule has 2 amide bonds. The highest BCUT2D eigenvalue weighted by Gasteiger charge is 2.14. The van der Waals surface area contributed by atoms with Crippen LogP contribution in [0.15, 0.2) is 40.6 Å². The lowest BCUT2D eigenvalue weighted by atomic mass is 10.3. The zero-order chi connectivity index (χ0) is 16.2. The van der Waals surface area contributed by atoms with Crippen molar-refractivity contribution in [3.63, 3.8) is 0 Å². The van der Waals surface area contributed by atoms with E-state index in [2.05, 4.69) is 15.4 Å². The molecule has 0 atom stereocenters. The van der Waals surface area contributed by atoms with Crippen molar-refractivity contribution in [2.24, 2.45) is 0 Å². The predicted octanol–water partition coefficient (Wildman–Crippen LogP) is 2.63. The van der Waals surface area contributed by atoms with Crippen molar-refractivity contribution in [1.82, 2.24) is 10.0 Å². The topological polar surface area (TPSA) is 87.3 Å². The first-order valence-corrected chi connectivity index (χ1v) is 8.91. The molecule has 6 nitrogen and oxygen atoms in total. The fourth-order valence-corrected chi connectivity index (χ4v) is 3.83. The fraction of sp³-hybridized carbons (Fsp3) is 0.154. The Balaban J connectivity index is 1.90. The lowest BCUT2D eigenvalue weighted by Gasteiger charge is -2.06. The van der Waals surface area contributed by atoms with Crippen LogP contribution in [0, 0.1) is 0 Å². The number of sulfonamides is 1. The summed E-state index contributed by atoms with van der Waals surface area (Å²) in [5.41, 5.74) is 0.617. The second kappa shape index (κ2) is 7.10. The van der Waals surface area contributed by atoms with Gasteiger partial charge < -0.3 is 10.6 Å². The van der Waals surface area contributed by atoms with Crippen molar-refractivity contribution in [2.75, 3.05) is 12.4 Å². The number of benzene rings is 1. The maximum Gasteiger partial charge on any atom is 0.319 e. The van der Waals surface area contributed by atoms with Gasteiger partial charge in [0.15, 0.2) is 0 Å². The number of anilines is 1. The van der Waals surface area contributed by atoms with Gasteiger partial charge in [-0.15, -0.1) is 11.3 Å². The van der Waals surface area contributed by atoms with Crippen molar-refractivity contribution < 1.29 is 13.2 Å². The number of carbonyl (C=O) groups excluding carboxylic acids is 1. The second-order valence-electron chi connectivity index (χ2n) is 4.24. The summed E-state index contributed by atoms with van der Waals surface area (Å²) in [6.07, 6.45) is 0. The number of hydrogen-bond donors (Lipinski definition) is 3. The van der Waals surface area contributed by atoms with Gasteiger partial charge >= 0.3 is 6.03 Å². The normalized spacial score (nSPS) is 11.2. The summed E-state index contributed by atoms with van der Waals surface area (Å²) in [6, 6.07) is 9.50. The van der Waals surface area contributed by atoms with Gasteiger partial charge in [0, 0.05) is 15.6 Å². The lowest BCUT2D eigenvalue weighted by molar-refractivity contribution is 0.252. The van der Waals surface area contributed by atoms with Crippen molar-refractivity contribution in [2.45, 2.75) is 10.8 Å². The number of carbonyl (C=O) groups is 1. The van der Waals surface area contributed by atoms with E-state index in [1.54, 1.807) is 30.3 Å². The van der Waals surface area contributed by atoms with Crippen LogP contribution >= 0.6 is 22.9 Å². The molecule has 3 N–H and O–H groups in total. The summed E-state index contributed by atoms with van der Waals surface area (Å²) in [6.45, 7) is 0.239. The van der Waals surface area contributed by atoms with Crippen molar-refractivity contribution >= 4 is 44.7 Å². The van der Waals surface area contributed by atoms with Gasteiger partial charge in [-0.25, -0.2) is 17.9 Å². The molecule has 1 aromatic carbocycles. The monoisotopic (exact) mass is 359 g/mol. The minimum atomic E-state index is -3.44. The number of nitrogens with one attached hydrogen (secondary N) is 3. The van der Waals surface area contributed by atoms with Gasteiger partial charge in [0.1, 0.15) is 4.21 Å². The molecule has 2 aromatic rings. The van der Waals surface area contributed by atoms with Crippen molar-refractivity contribution in [3.05, 3.63) is 46.3 Å². The molecule has 0 fully saturated rings. The van der Waals surface area contributed by atoms with Crippen LogP contribution in [0.3, 0.4) is 0 Å². The predicted molar refractivity (Wildman–Crippen MR) is 87.9 cm³/mol. The molecule has 0 unspecified atom stereocenters. The van der Waals surface area contributed by atoms with E-state index >= 15 is 0 Å². The van der Waals surface area contributed by atoms with Crippen LogP contribution in [0.2, 0.25) is 5.02 Å². The van der Waals surface area contributed by atoms with Gasteiger partial charge in [0.2, 0.25) is 10.0 Å². The Morgan fingerprint density at radius 1 is 1.18 bits per heavy atom. The van der Waals surface area contributed by atoms with Crippen molar-refractivity contribution in [1.29, 1.82) is 0 Å². The molecular weight excluding hydrogens is 346 g/mol. The Hall–Kier alpha value is -1.61. The van der Waals surface area contributed by atoms with Gasteiger partial charge in [-0.05, 0) is 43.4 Å². The average molecular weight is 360 g/mol. The molecule has 0 aliphatic heterocycles. The number of halogens is 1. The third-order valence-electron chi connectivity index (χ3n) is 2.70. The number of hydrogen-bond acceptors (Lipinski definition) is 4. The first kappa shape index (κ1) is 16.8. The lowest BCUT2D eigenvalue weighted by Crippen LogP contribution is -2.27. The zero-order valence-corrected chi connectivity index (χ0v) is 14.0. The molecule has 0 saturated heterocycles. The molecule has 0 radical (unpaired) electrons. The summed E-state index contributed by atoms with van der Waals surface area (Å²) in [7, 11) is -2.09. The molecule has 0 aliphatic rings. The molecular formula is C13H14ClN3O3S2. The molecule has 118 valence electrons. The number of amides is 2. The Bertz CT molecular complexity index is 757. The summed E-state index contributed by atoms with van der Waals surface area (Å²) in [4.78, 5) is 12.5. The molecule has 22 heavy (non-hydrogen) atoms. The molecule has 0 aliphatic carbocycles. The number of rotatable bonds is 5. The highest BCUT2D eigenvalue weighted by Crippen LogP contribution is 2.21. The van der Waals surface area contributed by atoms with E-state index in [-0.39, 0.29) is 16.8 Å². The maximum absolute atomic E-state index is 11.7. The Kier molecular flexibility index (Phi) is 5.41. The summed E-state index contributed by atoms with van der Waals surface area (Å²) in [5.74, 6) is 0. The summed E-state index contributed by atoms with van der Waals surface area (Å²) >= 11 is 6.86. The Morgan fingerprint density at radius 2 is 1.86 bits per heavy atom. The Morgan fingerprint density at radius 3 is 2.50 bits per heavy atom. The van der Waals surface area contributed by atoms with Gasteiger partial charge in [0.05, 0.1) is 6.54 Å². The SMILES string of the molecule is CNS(=O)(=O)c1ccc(CNC(=O)Nc2ccc(Cl)cc2)s1. The zero-order valence-electron chi connectivity index (χ0n) is 11.6. The molecule has 9 heteroatoms. The maximum atomic E-state index is 11.7. The van der Waals surface area contributed by atoms with E-state index in [4.69, 9.17) is 11.6 Å². The highest BCUT2D eigenvalue weighted by atomic mass is 35.5. The fourth-order valence-electron chi connectivity index (χ4n) is 1.57. The highest BCUT2D eigenvalue weighted by molar-refractivity contribution is 7.91.